The van der Waals surface area contributed by atoms with Gasteiger partial charge < -0.3 is 15.1 Å². The second kappa shape index (κ2) is 14.2. The zero-order chi connectivity index (χ0) is 35.3. The Hall–Kier alpha value is -5.34. The summed E-state index contributed by atoms with van der Waals surface area (Å²) < 4.78 is 0. The number of hydrogen-bond acceptors (Lipinski definition) is 3. The van der Waals surface area contributed by atoms with Crippen LogP contribution >= 0.6 is 34.8 Å². The number of hydrogen-bond donors (Lipinski definition) is 3. The van der Waals surface area contributed by atoms with Crippen LogP contribution in [-0.2, 0) is 16.8 Å². The predicted molar refractivity (Wildman–Crippen MR) is 217 cm³/mol. The van der Waals surface area contributed by atoms with Crippen molar-refractivity contribution >= 4 is 81.2 Å². The summed E-state index contributed by atoms with van der Waals surface area (Å²) in [4.78, 5) is 18.0. The molecule has 259 valence electrons. The van der Waals surface area contributed by atoms with Crippen molar-refractivity contribution in [1.29, 1.82) is 0 Å². The molecule has 1 radical (unpaired) electrons. The molecule has 0 unspecified atom stereocenters. The molecular formula is C44H27Cl3CoN4O. The Morgan fingerprint density at radius 3 is 0.868 bits per heavy atom. The number of phenolic OH excluding ortho intramolecular Hbond substituents is 1. The fraction of sp³-hybridized carbons (Fsp3) is 0. The number of nitrogens with one attached hydrogen (secondary N) is 2. The van der Waals surface area contributed by atoms with E-state index in [-0.39, 0.29) is 22.5 Å². The van der Waals surface area contributed by atoms with Crippen molar-refractivity contribution in [1.82, 2.24) is 19.9 Å². The van der Waals surface area contributed by atoms with Crippen LogP contribution < -0.4 is 0 Å². The number of H-pyrrole nitrogens is 2. The molecule has 8 bridgehead atoms. The van der Waals surface area contributed by atoms with E-state index in [4.69, 9.17) is 44.8 Å². The van der Waals surface area contributed by atoms with E-state index in [0.717, 1.165) is 89.4 Å². The second-order valence-electron chi connectivity index (χ2n) is 12.6. The van der Waals surface area contributed by atoms with E-state index in [1.807, 2.05) is 97.1 Å². The molecule has 2 aliphatic heterocycles. The van der Waals surface area contributed by atoms with Crippen molar-refractivity contribution in [3.8, 4) is 50.3 Å². The SMILES string of the molecule is Oc1ccc(-c2c3nc(c(-c4ccc(Cl)cc4)c4ccc([nH]4)c(-c4ccc(Cl)cc4)c4nc(c(-c5ccc(Cl)cc5)c5ccc2[nH]5)C=C4)C=C3)cc1.[Co]. The minimum atomic E-state index is 0. The standard InChI is InChI=1S/C44H27Cl3N4O.Co/c45-29-9-1-25(2-10-29)41-33-17-19-35(48-33)42(26-3-11-30(46)12-4-26)37-21-23-39(50-37)44(28-7-15-32(52)16-8-28)40-24-22-38(51-40)43(36-20-18-34(41)49-36)27-5-13-31(47)14-6-27;/h1-24,48,51-52H;. The van der Waals surface area contributed by atoms with Crippen molar-refractivity contribution < 1.29 is 21.9 Å². The molecule has 53 heavy (non-hydrogen) atoms. The molecular weight excluding hydrogens is 766 g/mol. The first kappa shape index (κ1) is 34.7. The van der Waals surface area contributed by atoms with Crippen molar-refractivity contribution in [2.75, 3.05) is 0 Å². The third-order valence-electron chi connectivity index (χ3n) is 9.31. The average molecular weight is 793 g/mol. The van der Waals surface area contributed by atoms with Crippen LogP contribution in [0.15, 0.2) is 121 Å². The molecule has 5 heterocycles. The molecule has 3 aromatic heterocycles. The van der Waals surface area contributed by atoms with Gasteiger partial charge in [-0.2, -0.15) is 0 Å². The summed E-state index contributed by atoms with van der Waals surface area (Å²) in [6, 6.07) is 38.9. The fourth-order valence-corrected chi connectivity index (χ4v) is 7.28. The zero-order valence-corrected chi connectivity index (χ0v) is 31.0. The van der Waals surface area contributed by atoms with E-state index in [1.54, 1.807) is 12.1 Å². The Bertz CT molecular complexity index is 2380. The Balaban J connectivity index is 0.00000400. The largest absolute Gasteiger partial charge is 0.508 e. The Morgan fingerprint density at radius 2 is 0.604 bits per heavy atom. The molecule has 9 rings (SSSR count). The molecule has 0 saturated carbocycles. The summed E-state index contributed by atoms with van der Waals surface area (Å²) in [6.07, 6.45) is 8.19. The molecule has 0 spiro atoms. The van der Waals surface area contributed by atoms with Gasteiger partial charge >= 0.3 is 0 Å². The minimum Gasteiger partial charge on any atom is -0.508 e. The van der Waals surface area contributed by atoms with Crippen LogP contribution in [0.5, 0.6) is 5.75 Å². The van der Waals surface area contributed by atoms with Crippen LogP contribution in [0.2, 0.25) is 15.1 Å². The molecule has 3 N–H and O–H groups in total. The Morgan fingerprint density at radius 1 is 0.358 bits per heavy atom. The topological polar surface area (TPSA) is 77.6 Å². The van der Waals surface area contributed by atoms with E-state index in [0.29, 0.717) is 15.1 Å². The van der Waals surface area contributed by atoms with Gasteiger partial charge in [0.25, 0.3) is 0 Å². The number of aromatic amines is 2. The first-order valence-electron chi connectivity index (χ1n) is 16.6. The number of aromatic hydroxyl groups is 1. The number of rotatable bonds is 4. The molecule has 0 amide bonds. The maximum absolute atomic E-state index is 10.2. The number of aromatic nitrogens is 4. The molecule has 0 saturated heterocycles. The maximum atomic E-state index is 10.2. The minimum absolute atomic E-state index is 0. The smallest absolute Gasteiger partial charge is 0.115 e. The summed E-state index contributed by atoms with van der Waals surface area (Å²) in [5.74, 6) is 0.188. The van der Waals surface area contributed by atoms with Gasteiger partial charge in [-0.15, -0.1) is 0 Å². The summed E-state index contributed by atoms with van der Waals surface area (Å²) in [7, 11) is 0. The number of nitrogens with zero attached hydrogens (tertiary/aromatic N) is 2. The second-order valence-corrected chi connectivity index (χ2v) is 13.9. The van der Waals surface area contributed by atoms with Gasteiger partial charge in [0, 0.05) is 76.2 Å². The van der Waals surface area contributed by atoms with Crippen molar-refractivity contribution in [2.45, 2.75) is 0 Å². The van der Waals surface area contributed by atoms with E-state index >= 15 is 0 Å². The number of fused-ring (bicyclic) bond motifs is 8. The molecule has 0 fully saturated rings. The third kappa shape index (κ3) is 6.61. The average Bonchev–Trinajstić information content (AvgIpc) is 3.99. The monoisotopic (exact) mass is 791 g/mol. The van der Waals surface area contributed by atoms with E-state index in [1.165, 1.54) is 0 Å². The van der Waals surface area contributed by atoms with Crippen molar-refractivity contribution in [3.63, 3.8) is 0 Å². The van der Waals surface area contributed by atoms with Crippen molar-refractivity contribution in [2.24, 2.45) is 0 Å². The number of phenols is 1. The van der Waals surface area contributed by atoms with Gasteiger partial charge in [0.2, 0.25) is 0 Å². The number of benzene rings is 4. The van der Waals surface area contributed by atoms with Gasteiger partial charge in [-0.25, -0.2) is 9.97 Å². The van der Waals surface area contributed by atoms with Gasteiger partial charge in [-0.05, 0) is 119 Å². The van der Waals surface area contributed by atoms with Crippen LogP contribution in [0.1, 0.15) is 22.8 Å². The molecule has 9 heteroatoms. The predicted octanol–water partition coefficient (Wildman–Crippen LogP) is 13.0. The van der Waals surface area contributed by atoms with Crippen molar-refractivity contribution in [3.05, 3.63) is 159 Å². The third-order valence-corrected chi connectivity index (χ3v) is 10.1. The summed E-state index contributed by atoms with van der Waals surface area (Å²) in [6.45, 7) is 0. The molecule has 7 aromatic rings. The van der Waals surface area contributed by atoms with Crippen LogP contribution in [0.25, 0.3) is 90.9 Å². The summed E-state index contributed by atoms with van der Waals surface area (Å²) in [5.41, 5.74) is 14.1. The van der Waals surface area contributed by atoms with Crippen LogP contribution in [0.4, 0.5) is 0 Å². The summed E-state index contributed by atoms with van der Waals surface area (Å²) >= 11 is 19.1. The van der Waals surface area contributed by atoms with Gasteiger partial charge in [0.15, 0.2) is 0 Å². The summed E-state index contributed by atoms with van der Waals surface area (Å²) in [5, 5.41) is 12.1. The normalized spacial score (nSPS) is 11.8. The Kier molecular flexibility index (Phi) is 9.33. The van der Waals surface area contributed by atoms with E-state index in [9.17, 15) is 5.11 Å². The van der Waals surface area contributed by atoms with Gasteiger partial charge in [0.05, 0.1) is 22.8 Å². The first-order valence-corrected chi connectivity index (χ1v) is 17.7. The van der Waals surface area contributed by atoms with Gasteiger partial charge in [-0.1, -0.05) is 83.3 Å². The molecule has 2 aliphatic rings. The molecule has 4 aromatic carbocycles. The number of halogens is 3. The van der Waals surface area contributed by atoms with E-state index in [2.05, 4.69) is 46.4 Å². The van der Waals surface area contributed by atoms with Crippen LogP contribution in [0, 0.1) is 0 Å². The fourth-order valence-electron chi connectivity index (χ4n) is 6.90. The first-order chi connectivity index (χ1) is 25.4. The van der Waals surface area contributed by atoms with Crippen LogP contribution in [-0.4, -0.2) is 25.0 Å². The van der Waals surface area contributed by atoms with Gasteiger partial charge in [0.1, 0.15) is 5.75 Å². The van der Waals surface area contributed by atoms with Gasteiger partial charge in [-0.3, -0.25) is 0 Å². The van der Waals surface area contributed by atoms with E-state index < -0.39 is 0 Å². The van der Waals surface area contributed by atoms with Crippen LogP contribution in [0.3, 0.4) is 0 Å². The zero-order valence-electron chi connectivity index (χ0n) is 27.7. The maximum Gasteiger partial charge on any atom is 0.115 e. The quantitative estimate of drug-likeness (QED) is 0.166. The molecule has 0 atom stereocenters. The molecule has 0 aliphatic carbocycles. The Labute approximate surface area is 330 Å². The molecule has 5 nitrogen and oxygen atoms in total.